The van der Waals surface area contributed by atoms with Gasteiger partial charge < -0.3 is 5.32 Å². The topological polar surface area (TPSA) is 12.0 Å². The number of rotatable bonds is 3. The third kappa shape index (κ3) is 4.19. The fourth-order valence-electron chi connectivity index (χ4n) is 3.15. The van der Waals surface area contributed by atoms with Gasteiger partial charge >= 0.3 is 0 Å². The van der Waals surface area contributed by atoms with E-state index in [9.17, 15) is 8.78 Å². The summed E-state index contributed by atoms with van der Waals surface area (Å²) < 4.78 is 26.2. The van der Waals surface area contributed by atoms with Gasteiger partial charge in [-0.2, -0.15) is 0 Å². The minimum Gasteiger partial charge on any atom is -0.385 e. The second-order valence-electron chi connectivity index (χ2n) is 7.12. The number of benzene rings is 1. The average molecular weight is 281 g/mol. The summed E-state index contributed by atoms with van der Waals surface area (Å²) in [5, 5.41) is 3.17. The van der Waals surface area contributed by atoms with Crippen LogP contribution in [0.4, 0.5) is 14.5 Å². The molecule has 0 spiro atoms. The van der Waals surface area contributed by atoms with Crippen LogP contribution in [0.1, 0.15) is 46.5 Å². The maximum absolute atomic E-state index is 13.1. The molecule has 0 aliphatic heterocycles. The minimum atomic E-state index is -0.524. The lowest BCUT2D eigenvalue weighted by molar-refractivity contribution is 0.153. The highest BCUT2D eigenvalue weighted by molar-refractivity contribution is 5.43. The molecule has 0 bridgehead atoms. The smallest absolute Gasteiger partial charge is 0.128 e. The van der Waals surface area contributed by atoms with Crippen molar-refractivity contribution in [2.45, 2.75) is 46.5 Å². The highest BCUT2D eigenvalue weighted by atomic mass is 19.1. The Bertz CT molecular complexity index is 423. The summed E-state index contributed by atoms with van der Waals surface area (Å²) in [5.74, 6) is 0.359. The minimum absolute atomic E-state index is 0.393. The molecule has 0 unspecified atom stereocenters. The predicted molar refractivity (Wildman–Crippen MR) is 79.8 cm³/mol. The first-order valence-electron chi connectivity index (χ1n) is 7.54. The van der Waals surface area contributed by atoms with Crippen molar-refractivity contribution >= 4 is 5.69 Å². The Morgan fingerprint density at radius 3 is 2.05 bits per heavy atom. The van der Waals surface area contributed by atoms with Gasteiger partial charge in [-0.1, -0.05) is 20.8 Å². The third-order valence-corrected chi connectivity index (χ3v) is 4.53. The maximum atomic E-state index is 13.1. The molecule has 0 heterocycles. The number of halogens is 2. The second kappa shape index (κ2) is 6.11. The van der Waals surface area contributed by atoms with Crippen LogP contribution in [0, 0.1) is 28.9 Å². The summed E-state index contributed by atoms with van der Waals surface area (Å²) >= 11 is 0. The Morgan fingerprint density at radius 2 is 1.55 bits per heavy atom. The van der Waals surface area contributed by atoms with Crippen LogP contribution < -0.4 is 5.32 Å². The van der Waals surface area contributed by atoms with Crippen LogP contribution in [0.5, 0.6) is 0 Å². The molecule has 0 aromatic heterocycles. The molecule has 1 fully saturated rings. The van der Waals surface area contributed by atoms with E-state index >= 15 is 0 Å². The number of hydrogen-bond acceptors (Lipinski definition) is 1. The first-order chi connectivity index (χ1) is 9.34. The van der Waals surface area contributed by atoms with E-state index in [4.69, 9.17) is 0 Å². The van der Waals surface area contributed by atoms with Gasteiger partial charge in [0.1, 0.15) is 11.6 Å². The Hall–Kier alpha value is -1.12. The Kier molecular flexibility index (Phi) is 4.66. The number of anilines is 1. The third-order valence-electron chi connectivity index (χ3n) is 4.53. The van der Waals surface area contributed by atoms with E-state index < -0.39 is 11.6 Å². The molecule has 112 valence electrons. The van der Waals surface area contributed by atoms with Crippen LogP contribution in [0.3, 0.4) is 0 Å². The van der Waals surface area contributed by atoms with Gasteiger partial charge in [-0.25, -0.2) is 8.78 Å². The van der Waals surface area contributed by atoms with E-state index in [-0.39, 0.29) is 0 Å². The van der Waals surface area contributed by atoms with E-state index in [1.165, 1.54) is 37.8 Å². The summed E-state index contributed by atoms with van der Waals surface area (Å²) in [5.41, 5.74) is 0.935. The molecule has 0 radical (unpaired) electrons. The largest absolute Gasteiger partial charge is 0.385 e. The fourth-order valence-corrected chi connectivity index (χ4v) is 3.15. The first-order valence-corrected chi connectivity index (χ1v) is 7.54. The van der Waals surface area contributed by atoms with Gasteiger partial charge in [0.25, 0.3) is 0 Å². The van der Waals surface area contributed by atoms with E-state index in [1.54, 1.807) is 0 Å². The van der Waals surface area contributed by atoms with Gasteiger partial charge in [-0.15, -0.1) is 0 Å². The standard InChI is InChI=1S/C17H25F2N/c1-17(2,3)13-6-4-12(5-7-13)11-20-16-9-14(18)8-15(19)10-16/h8-10,12-13,20H,4-7,11H2,1-3H3. The van der Waals surface area contributed by atoms with Crippen LogP contribution in [-0.4, -0.2) is 6.54 Å². The lowest BCUT2D eigenvalue weighted by Crippen LogP contribution is -2.28. The van der Waals surface area contributed by atoms with Crippen LogP contribution >= 0.6 is 0 Å². The molecule has 1 aromatic rings. The summed E-state index contributed by atoms with van der Waals surface area (Å²) in [7, 11) is 0. The summed E-state index contributed by atoms with van der Waals surface area (Å²) in [4.78, 5) is 0. The molecule has 1 aromatic carbocycles. The van der Waals surface area contributed by atoms with Gasteiger partial charge in [-0.3, -0.25) is 0 Å². The Balaban J connectivity index is 1.81. The summed E-state index contributed by atoms with van der Waals surface area (Å²) in [6.07, 6.45) is 4.92. The van der Waals surface area contributed by atoms with Crippen LogP contribution in [0.15, 0.2) is 18.2 Å². The van der Waals surface area contributed by atoms with Gasteiger partial charge in [0.15, 0.2) is 0 Å². The van der Waals surface area contributed by atoms with Crippen molar-refractivity contribution in [1.82, 2.24) is 0 Å². The molecule has 3 heteroatoms. The van der Waals surface area contributed by atoms with Gasteiger partial charge in [0.05, 0.1) is 0 Å². The molecule has 20 heavy (non-hydrogen) atoms. The average Bonchev–Trinajstić information content (AvgIpc) is 2.35. The van der Waals surface area contributed by atoms with Crippen molar-refractivity contribution in [3.63, 3.8) is 0 Å². The zero-order chi connectivity index (χ0) is 14.8. The van der Waals surface area contributed by atoms with E-state index in [2.05, 4.69) is 26.1 Å². The molecule has 1 nitrogen and oxygen atoms in total. The van der Waals surface area contributed by atoms with Crippen molar-refractivity contribution in [3.8, 4) is 0 Å². The molecule has 0 atom stereocenters. The summed E-state index contributed by atoms with van der Waals surface area (Å²) in [6.45, 7) is 7.74. The lowest BCUT2D eigenvalue weighted by Gasteiger charge is -2.37. The van der Waals surface area contributed by atoms with Gasteiger partial charge in [-0.05, 0) is 55.1 Å². The number of hydrogen-bond donors (Lipinski definition) is 1. The van der Waals surface area contributed by atoms with Crippen molar-refractivity contribution in [2.75, 3.05) is 11.9 Å². The highest BCUT2D eigenvalue weighted by Gasteiger charge is 2.29. The van der Waals surface area contributed by atoms with Gasteiger partial charge in [0, 0.05) is 18.3 Å². The second-order valence-corrected chi connectivity index (χ2v) is 7.12. The molecule has 0 saturated heterocycles. The molecule has 0 amide bonds. The molecule has 1 N–H and O–H groups in total. The highest BCUT2D eigenvalue weighted by Crippen LogP contribution is 2.39. The van der Waals surface area contributed by atoms with E-state index in [0.717, 1.165) is 18.5 Å². The van der Waals surface area contributed by atoms with Gasteiger partial charge in [0.2, 0.25) is 0 Å². The molecule has 1 aliphatic carbocycles. The van der Waals surface area contributed by atoms with Crippen LogP contribution in [0.25, 0.3) is 0 Å². The predicted octanol–water partition coefficient (Wildman–Crippen LogP) is 5.23. The fraction of sp³-hybridized carbons (Fsp3) is 0.647. The van der Waals surface area contributed by atoms with Crippen molar-refractivity contribution in [2.24, 2.45) is 17.3 Å². The Labute approximate surface area is 120 Å². The first kappa shape index (κ1) is 15.3. The summed E-state index contributed by atoms with van der Waals surface area (Å²) in [6, 6.07) is 3.60. The monoisotopic (exact) mass is 281 g/mol. The van der Waals surface area contributed by atoms with E-state index in [1.807, 2.05) is 0 Å². The zero-order valence-electron chi connectivity index (χ0n) is 12.7. The molecular weight excluding hydrogens is 256 g/mol. The van der Waals surface area contributed by atoms with Crippen molar-refractivity contribution in [1.29, 1.82) is 0 Å². The van der Waals surface area contributed by atoms with Crippen LogP contribution in [0.2, 0.25) is 0 Å². The SMILES string of the molecule is CC(C)(C)C1CCC(CNc2cc(F)cc(F)c2)CC1. The molecule has 1 aliphatic rings. The Morgan fingerprint density at radius 1 is 1.00 bits per heavy atom. The van der Waals surface area contributed by atoms with Crippen molar-refractivity contribution < 1.29 is 8.78 Å². The van der Waals surface area contributed by atoms with Crippen LogP contribution in [-0.2, 0) is 0 Å². The molecular formula is C17H25F2N. The lowest BCUT2D eigenvalue weighted by atomic mass is 9.70. The zero-order valence-corrected chi connectivity index (χ0v) is 12.7. The maximum Gasteiger partial charge on any atom is 0.128 e. The molecule has 2 rings (SSSR count). The number of nitrogens with one attached hydrogen (secondary N) is 1. The quantitative estimate of drug-likeness (QED) is 0.800. The molecule has 1 saturated carbocycles. The van der Waals surface area contributed by atoms with E-state index in [0.29, 0.717) is 17.0 Å². The normalized spacial score (nSPS) is 23.6. The van der Waals surface area contributed by atoms with Crippen molar-refractivity contribution in [3.05, 3.63) is 29.8 Å².